The minimum atomic E-state index is -0.130. The Morgan fingerprint density at radius 3 is 2.38 bits per heavy atom. The van der Waals surface area contributed by atoms with Crippen LogP contribution in [-0.2, 0) is 4.79 Å². The summed E-state index contributed by atoms with van der Waals surface area (Å²) < 4.78 is 0. The number of hydrogen-bond donors (Lipinski definition) is 1. The average molecular weight is 354 g/mol. The molecule has 0 atom stereocenters. The van der Waals surface area contributed by atoms with Crippen LogP contribution >= 0.6 is 0 Å². The molecule has 1 aliphatic heterocycles. The molecule has 0 spiro atoms. The molecule has 1 saturated carbocycles. The second-order valence-corrected chi connectivity index (χ2v) is 8.34. The molecule has 1 aromatic rings. The van der Waals surface area contributed by atoms with Gasteiger partial charge < -0.3 is 5.32 Å². The number of fused-ring (bicyclic) bond motifs is 1. The summed E-state index contributed by atoms with van der Waals surface area (Å²) in [6.45, 7) is 11.0. The molecule has 2 amide bonds. The Hall–Kier alpha value is -2.10. The Bertz CT molecular complexity index is 680. The van der Waals surface area contributed by atoms with Crippen LogP contribution in [0.1, 0.15) is 68.8 Å². The summed E-state index contributed by atoms with van der Waals surface area (Å²) in [7, 11) is 0. The Morgan fingerprint density at radius 2 is 1.81 bits per heavy atom. The summed E-state index contributed by atoms with van der Waals surface area (Å²) in [5.41, 5.74) is 2.45. The van der Waals surface area contributed by atoms with Gasteiger partial charge in [-0.25, -0.2) is 0 Å². The van der Waals surface area contributed by atoms with Gasteiger partial charge in [-0.3, -0.25) is 14.5 Å². The zero-order valence-electron chi connectivity index (χ0n) is 16.2. The smallest absolute Gasteiger partial charge is 0.259 e. The number of nitrogens with one attached hydrogen (secondary N) is 1. The van der Waals surface area contributed by atoms with E-state index in [4.69, 9.17) is 0 Å². The molecule has 140 valence electrons. The van der Waals surface area contributed by atoms with E-state index < -0.39 is 0 Å². The van der Waals surface area contributed by atoms with Crippen LogP contribution in [0, 0.1) is 11.3 Å². The van der Waals surface area contributed by atoms with E-state index in [0.29, 0.717) is 16.7 Å². The van der Waals surface area contributed by atoms with Crippen molar-refractivity contribution in [3.8, 4) is 0 Å². The van der Waals surface area contributed by atoms with Crippen LogP contribution in [0.4, 0.5) is 0 Å². The summed E-state index contributed by atoms with van der Waals surface area (Å²) in [6.07, 6.45) is 5.55. The van der Waals surface area contributed by atoms with E-state index in [1.165, 1.54) is 11.3 Å². The van der Waals surface area contributed by atoms with Crippen molar-refractivity contribution in [1.82, 2.24) is 10.2 Å². The normalized spacial score (nSPS) is 23.1. The topological polar surface area (TPSA) is 49.4 Å². The van der Waals surface area contributed by atoms with Gasteiger partial charge in [0.05, 0.1) is 0 Å². The van der Waals surface area contributed by atoms with Crippen molar-refractivity contribution in [3.63, 3.8) is 0 Å². The highest BCUT2D eigenvalue weighted by Crippen LogP contribution is 2.40. The molecule has 4 heteroatoms. The molecule has 0 bridgehead atoms. The van der Waals surface area contributed by atoms with Crippen LogP contribution in [0.25, 0.3) is 5.70 Å². The molecule has 1 fully saturated rings. The third-order valence-corrected chi connectivity index (χ3v) is 6.45. The van der Waals surface area contributed by atoms with E-state index in [2.05, 4.69) is 32.7 Å². The number of carbonyl (C=O) groups excluding carboxylic acids is 2. The van der Waals surface area contributed by atoms with Gasteiger partial charge in [-0.2, -0.15) is 0 Å². The van der Waals surface area contributed by atoms with Crippen LogP contribution in [-0.4, -0.2) is 29.3 Å². The minimum absolute atomic E-state index is 0.0483. The molecule has 1 aliphatic carbocycles. The van der Waals surface area contributed by atoms with Crippen molar-refractivity contribution < 1.29 is 9.59 Å². The Balaban J connectivity index is 1.53. The third kappa shape index (κ3) is 3.55. The van der Waals surface area contributed by atoms with Gasteiger partial charge >= 0.3 is 0 Å². The molecule has 1 heterocycles. The summed E-state index contributed by atoms with van der Waals surface area (Å²) in [4.78, 5) is 26.5. The molecule has 1 aromatic carbocycles. The van der Waals surface area contributed by atoms with Gasteiger partial charge in [-0.1, -0.05) is 52.0 Å². The zero-order valence-corrected chi connectivity index (χ0v) is 16.2. The lowest BCUT2D eigenvalue weighted by Gasteiger charge is -2.39. The van der Waals surface area contributed by atoms with Crippen molar-refractivity contribution in [2.75, 3.05) is 6.54 Å². The molecule has 0 saturated heterocycles. The molecule has 0 aromatic heterocycles. The largest absolute Gasteiger partial charge is 0.352 e. The van der Waals surface area contributed by atoms with Crippen LogP contribution < -0.4 is 5.32 Å². The number of rotatable bonds is 5. The van der Waals surface area contributed by atoms with E-state index in [1.807, 2.05) is 18.2 Å². The second kappa shape index (κ2) is 7.26. The molecule has 2 aliphatic rings. The Morgan fingerprint density at radius 1 is 1.19 bits per heavy atom. The third-order valence-electron chi connectivity index (χ3n) is 6.45. The zero-order chi connectivity index (χ0) is 18.9. The number of benzene rings is 1. The first-order valence-electron chi connectivity index (χ1n) is 9.73. The maximum atomic E-state index is 12.5. The van der Waals surface area contributed by atoms with Crippen LogP contribution in [0.15, 0.2) is 30.8 Å². The predicted octanol–water partition coefficient (Wildman–Crippen LogP) is 4.22. The molecule has 0 unspecified atom stereocenters. The highest BCUT2D eigenvalue weighted by atomic mass is 16.2. The quantitative estimate of drug-likeness (QED) is 0.860. The lowest BCUT2D eigenvalue weighted by Crippen LogP contribution is -2.44. The van der Waals surface area contributed by atoms with Gasteiger partial charge in [0.15, 0.2) is 0 Å². The predicted molar refractivity (Wildman–Crippen MR) is 104 cm³/mol. The molecule has 3 rings (SSSR count). The van der Waals surface area contributed by atoms with Gasteiger partial charge in [0.2, 0.25) is 5.91 Å². The first-order valence-corrected chi connectivity index (χ1v) is 9.73. The van der Waals surface area contributed by atoms with Crippen LogP contribution in [0.2, 0.25) is 0 Å². The van der Waals surface area contributed by atoms with E-state index in [-0.39, 0.29) is 24.4 Å². The van der Waals surface area contributed by atoms with E-state index >= 15 is 0 Å². The molecule has 1 N–H and O–H groups in total. The van der Waals surface area contributed by atoms with Crippen molar-refractivity contribution in [2.24, 2.45) is 11.3 Å². The average Bonchev–Trinajstić information content (AvgIpc) is 2.87. The molecule has 0 radical (unpaired) electrons. The maximum absolute atomic E-state index is 12.5. The monoisotopic (exact) mass is 354 g/mol. The first-order chi connectivity index (χ1) is 12.3. The summed E-state index contributed by atoms with van der Waals surface area (Å²) >= 11 is 0. The fourth-order valence-electron chi connectivity index (χ4n) is 4.23. The van der Waals surface area contributed by atoms with Gasteiger partial charge in [-0.15, -0.1) is 0 Å². The highest BCUT2D eigenvalue weighted by Gasteiger charge is 2.34. The van der Waals surface area contributed by atoms with E-state index in [1.54, 1.807) is 6.07 Å². The first kappa shape index (κ1) is 18.7. The van der Waals surface area contributed by atoms with Crippen molar-refractivity contribution in [3.05, 3.63) is 42.0 Å². The lowest BCUT2D eigenvalue weighted by molar-refractivity contribution is -0.122. The van der Waals surface area contributed by atoms with Crippen molar-refractivity contribution in [2.45, 2.75) is 58.9 Å². The van der Waals surface area contributed by atoms with Crippen molar-refractivity contribution in [1.29, 1.82) is 0 Å². The summed E-state index contributed by atoms with van der Waals surface area (Å²) in [5.74, 6) is 0.509. The number of nitrogens with zero attached hydrogens (tertiary/aromatic N) is 1. The standard InChI is InChI=1S/C22H30N2O2/c1-5-22(3,4)16-10-12-17(13-11-16)23-20(25)14-24-15(2)18-8-6-7-9-19(18)21(24)26/h6-9,16-17H,2,5,10-14H2,1,3-4H3,(H,23,25). The molecular weight excluding hydrogens is 324 g/mol. The number of hydrogen-bond acceptors (Lipinski definition) is 2. The van der Waals surface area contributed by atoms with Crippen LogP contribution in [0.5, 0.6) is 0 Å². The van der Waals surface area contributed by atoms with Crippen molar-refractivity contribution >= 4 is 17.5 Å². The molecular formula is C22H30N2O2. The highest BCUT2D eigenvalue weighted by molar-refractivity contribution is 6.10. The maximum Gasteiger partial charge on any atom is 0.259 e. The Kier molecular flexibility index (Phi) is 5.22. The van der Waals surface area contributed by atoms with Gasteiger partial charge in [0.25, 0.3) is 5.91 Å². The van der Waals surface area contributed by atoms with Gasteiger partial charge in [0.1, 0.15) is 6.54 Å². The van der Waals surface area contributed by atoms with Gasteiger partial charge in [-0.05, 0) is 43.1 Å². The fourth-order valence-corrected chi connectivity index (χ4v) is 4.23. The number of amides is 2. The molecule has 26 heavy (non-hydrogen) atoms. The Labute approximate surface area is 156 Å². The minimum Gasteiger partial charge on any atom is -0.352 e. The molecule has 4 nitrogen and oxygen atoms in total. The van der Waals surface area contributed by atoms with Gasteiger partial charge in [0, 0.05) is 22.9 Å². The summed E-state index contributed by atoms with van der Waals surface area (Å²) in [6, 6.07) is 7.61. The van der Waals surface area contributed by atoms with E-state index in [9.17, 15) is 9.59 Å². The number of carbonyl (C=O) groups is 2. The second-order valence-electron chi connectivity index (χ2n) is 8.34. The van der Waals surface area contributed by atoms with Crippen LogP contribution in [0.3, 0.4) is 0 Å². The van der Waals surface area contributed by atoms with E-state index in [0.717, 1.165) is 37.2 Å². The fraction of sp³-hybridized carbons (Fsp3) is 0.545. The SMILES string of the molecule is C=C1c2ccccc2C(=O)N1CC(=O)NC1CCC(C(C)(C)CC)CC1. The summed E-state index contributed by atoms with van der Waals surface area (Å²) in [5, 5.41) is 3.13. The lowest BCUT2D eigenvalue weighted by atomic mass is 9.69.